The molecule has 1 saturated carbocycles. The van der Waals surface area contributed by atoms with E-state index in [1.54, 1.807) is 0 Å². The summed E-state index contributed by atoms with van der Waals surface area (Å²) in [6.45, 7) is 8.29. The Morgan fingerprint density at radius 1 is 0.759 bits per heavy atom. The van der Waals surface area contributed by atoms with E-state index in [0.29, 0.717) is 0 Å². The van der Waals surface area contributed by atoms with Gasteiger partial charge in [-0.1, -0.05) is 61.7 Å². The Labute approximate surface area is 177 Å². The molecule has 155 valence electrons. The first kappa shape index (κ1) is 20.4. The topological polar surface area (TPSA) is 18.5 Å². The van der Waals surface area contributed by atoms with Crippen LogP contribution in [0.15, 0.2) is 54.6 Å². The van der Waals surface area contributed by atoms with Crippen LogP contribution in [0.4, 0.5) is 5.69 Å². The lowest BCUT2D eigenvalue weighted by Gasteiger charge is -2.37. The predicted octanol–water partition coefficient (Wildman–Crippen LogP) is 5.17. The highest BCUT2D eigenvalue weighted by molar-refractivity contribution is 5.65. The molecule has 2 aliphatic rings. The maximum Gasteiger partial charge on any atom is 0.0340 e. The van der Waals surface area contributed by atoms with E-state index in [2.05, 4.69) is 76.1 Å². The lowest BCUT2D eigenvalue weighted by molar-refractivity contribution is 0.115. The number of nitrogens with zero attached hydrogens (tertiary/aromatic N) is 2. The van der Waals surface area contributed by atoms with Crippen LogP contribution in [0, 0.1) is 12.3 Å². The average molecular weight is 391 g/mol. The minimum Gasteiger partial charge on any atom is -0.385 e. The van der Waals surface area contributed by atoms with Crippen LogP contribution in [0.25, 0.3) is 11.1 Å². The van der Waals surface area contributed by atoms with Crippen LogP contribution in [-0.2, 0) is 0 Å². The molecule has 1 aliphatic carbocycles. The molecule has 2 aromatic rings. The Kier molecular flexibility index (Phi) is 7.61. The molecule has 1 heterocycles. The molecule has 0 aromatic heterocycles. The number of piperazine rings is 1. The molecule has 1 radical (unpaired) electrons. The van der Waals surface area contributed by atoms with E-state index in [0.717, 1.165) is 19.0 Å². The van der Waals surface area contributed by atoms with Crippen LogP contribution in [0.5, 0.6) is 0 Å². The highest BCUT2D eigenvalue weighted by atomic mass is 15.3. The number of rotatable bonds is 8. The van der Waals surface area contributed by atoms with Crippen molar-refractivity contribution in [1.29, 1.82) is 0 Å². The molecule has 1 N–H and O–H groups in total. The van der Waals surface area contributed by atoms with Crippen molar-refractivity contribution in [3.05, 3.63) is 61.0 Å². The SMILES string of the molecule is [CH](CNc1ccc(-c2ccccc2)cc1)CN1CCN(CC2CCCCC2)CC1. The highest BCUT2D eigenvalue weighted by Gasteiger charge is 2.21. The van der Waals surface area contributed by atoms with Crippen LogP contribution in [-0.4, -0.2) is 55.6 Å². The third-order valence-electron chi connectivity index (χ3n) is 6.54. The highest BCUT2D eigenvalue weighted by Crippen LogP contribution is 2.25. The molecule has 4 rings (SSSR count). The van der Waals surface area contributed by atoms with Gasteiger partial charge in [0.25, 0.3) is 0 Å². The average Bonchev–Trinajstić information content (AvgIpc) is 2.79. The van der Waals surface area contributed by atoms with Crippen LogP contribution in [0.2, 0.25) is 0 Å². The van der Waals surface area contributed by atoms with Crippen molar-refractivity contribution in [2.75, 3.05) is 51.1 Å². The van der Waals surface area contributed by atoms with E-state index >= 15 is 0 Å². The standard InChI is InChI=1S/C26H36N3/c1-3-8-23(9-4-1)22-29-20-18-28(19-21-29)17-7-16-27-26-14-12-25(13-15-26)24-10-5-2-6-11-24/h2,5-7,10-15,23,27H,1,3-4,8-9,16-22H2. The molecule has 2 fully saturated rings. The molecule has 0 amide bonds. The normalized spacial score (nSPS) is 19.3. The fourth-order valence-corrected chi connectivity index (χ4v) is 4.74. The van der Waals surface area contributed by atoms with Gasteiger partial charge in [-0.3, -0.25) is 0 Å². The number of hydrogen-bond donors (Lipinski definition) is 1. The van der Waals surface area contributed by atoms with Crippen LogP contribution >= 0.6 is 0 Å². The van der Waals surface area contributed by atoms with E-state index < -0.39 is 0 Å². The molecular weight excluding hydrogens is 354 g/mol. The van der Waals surface area contributed by atoms with Gasteiger partial charge in [-0.15, -0.1) is 0 Å². The Hall–Kier alpha value is -1.84. The van der Waals surface area contributed by atoms with Crippen molar-refractivity contribution in [1.82, 2.24) is 9.80 Å². The van der Waals surface area contributed by atoms with Gasteiger partial charge < -0.3 is 15.1 Å². The van der Waals surface area contributed by atoms with Crippen LogP contribution < -0.4 is 5.32 Å². The van der Waals surface area contributed by atoms with Gasteiger partial charge in [-0.2, -0.15) is 0 Å². The summed E-state index contributed by atoms with van der Waals surface area (Å²) in [5.74, 6) is 0.972. The van der Waals surface area contributed by atoms with Crippen LogP contribution in [0.3, 0.4) is 0 Å². The zero-order chi connectivity index (χ0) is 19.7. The zero-order valence-electron chi connectivity index (χ0n) is 17.7. The summed E-state index contributed by atoms with van der Waals surface area (Å²) in [4.78, 5) is 5.30. The summed E-state index contributed by atoms with van der Waals surface area (Å²) in [5, 5.41) is 3.53. The van der Waals surface area contributed by atoms with Gasteiger partial charge in [0.1, 0.15) is 0 Å². The Bertz CT molecular complexity index is 698. The van der Waals surface area contributed by atoms with E-state index in [1.165, 1.54) is 81.6 Å². The third kappa shape index (κ3) is 6.32. The Morgan fingerprint density at radius 3 is 2.14 bits per heavy atom. The molecule has 0 bridgehead atoms. The first-order valence-electron chi connectivity index (χ1n) is 11.5. The molecule has 1 aliphatic heterocycles. The fourth-order valence-electron chi connectivity index (χ4n) is 4.74. The van der Waals surface area contributed by atoms with Crippen molar-refractivity contribution in [3.63, 3.8) is 0 Å². The second-order valence-corrected chi connectivity index (χ2v) is 8.72. The van der Waals surface area contributed by atoms with Gasteiger partial charge >= 0.3 is 0 Å². The molecule has 1 saturated heterocycles. The van der Waals surface area contributed by atoms with Crippen molar-refractivity contribution in [2.45, 2.75) is 32.1 Å². The Morgan fingerprint density at radius 2 is 1.41 bits per heavy atom. The quantitative estimate of drug-likeness (QED) is 0.628. The third-order valence-corrected chi connectivity index (χ3v) is 6.54. The van der Waals surface area contributed by atoms with Gasteiger partial charge in [0, 0.05) is 51.5 Å². The smallest absolute Gasteiger partial charge is 0.0340 e. The summed E-state index contributed by atoms with van der Waals surface area (Å²) in [6, 6.07) is 19.3. The summed E-state index contributed by atoms with van der Waals surface area (Å²) >= 11 is 0. The van der Waals surface area contributed by atoms with Gasteiger partial charge in [0.15, 0.2) is 0 Å². The maximum absolute atomic E-state index is 3.53. The van der Waals surface area contributed by atoms with Crippen molar-refractivity contribution in [3.8, 4) is 11.1 Å². The molecule has 0 spiro atoms. The molecular formula is C26H36N3. The summed E-state index contributed by atoms with van der Waals surface area (Å²) in [6.07, 6.45) is 9.69. The predicted molar refractivity (Wildman–Crippen MR) is 124 cm³/mol. The monoisotopic (exact) mass is 390 g/mol. The van der Waals surface area contributed by atoms with E-state index in [-0.39, 0.29) is 0 Å². The van der Waals surface area contributed by atoms with Crippen LogP contribution in [0.1, 0.15) is 32.1 Å². The molecule has 0 atom stereocenters. The largest absolute Gasteiger partial charge is 0.385 e. The van der Waals surface area contributed by atoms with Crippen molar-refractivity contribution >= 4 is 5.69 Å². The lowest BCUT2D eigenvalue weighted by atomic mass is 9.89. The van der Waals surface area contributed by atoms with Gasteiger partial charge in [-0.05, 0) is 48.4 Å². The van der Waals surface area contributed by atoms with Crippen molar-refractivity contribution < 1.29 is 0 Å². The van der Waals surface area contributed by atoms with Gasteiger partial charge in [0.2, 0.25) is 0 Å². The summed E-state index contributed by atoms with van der Waals surface area (Å²) in [7, 11) is 0. The van der Waals surface area contributed by atoms with E-state index in [1.807, 2.05) is 0 Å². The van der Waals surface area contributed by atoms with E-state index in [9.17, 15) is 0 Å². The first-order valence-corrected chi connectivity index (χ1v) is 11.5. The number of nitrogens with one attached hydrogen (secondary N) is 1. The molecule has 3 nitrogen and oxygen atoms in total. The van der Waals surface area contributed by atoms with Gasteiger partial charge in [-0.25, -0.2) is 0 Å². The molecule has 29 heavy (non-hydrogen) atoms. The summed E-state index contributed by atoms with van der Waals surface area (Å²) in [5.41, 5.74) is 3.73. The molecule has 2 aromatic carbocycles. The van der Waals surface area contributed by atoms with E-state index in [4.69, 9.17) is 0 Å². The second-order valence-electron chi connectivity index (χ2n) is 8.72. The lowest BCUT2D eigenvalue weighted by Crippen LogP contribution is -2.48. The van der Waals surface area contributed by atoms with Crippen molar-refractivity contribution in [2.24, 2.45) is 5.92 Å². The minimum absolute atomic E-state index is 0.924. The molecule has 0 unspecified atom stereocenters. The number of benzene rings is 2. The second kappa shape index (κ2) is 10.8. The Balaban J connectivity index is 1.11. The number of hydrogen-bond acceptors (Lipinski definition) is 3. The first-order chi connectivity index (χ1) is 14.4. The number of anilines is 1. The summed E-state index contributed by atoms with van der Waals surface area (Å²) < 4.78 is 0. The zero-order valence-corrected chi connectivity index (χ0v) is 17.7. The molecule has 3 heteroatoms. The maximum atomic E-state index is 3.53. The minimum atomic E-state index is 0.924. The fraction of sp³-hybridized carbons (Fsp3) is 0.500. The van der Waals surface area contributed by atoms with Gasteiger partial charge in [0.05, 0.1) is 0 Å².